The van der Waals surface area contributed by atoms with Crippen LogP contribution in [0.25, 0.3) is 0 Å². The Bertz CT molecular complexity index is 178. The van der Waals surface area contributed by atoms with Crippen LogP contribution in [0.2, 0.25) is 0 Å². The average molecular weight is 200 g/mol. The first-order valence-electron chi connectivity index (χ1n) is 5.32. The second-order valence-corrected chi connectivity index (χ2v) is 3.62. The minimum atomic E-state index is -1.30. The number of esters is 1. The summed E-state index contributed by atoms with van der Waals surface area (Å²) in [5.74, 6) is -0.611. The van der Waals surface area contributed by atoms with Crippen LogP contribution < -0.4 is 0 Å². The molecule has 0 spiro atoms. The topological polar surface area (TPSA) is 49.4 Å². The number of nitrogens with zero attached hydrogens (tertiary/aromatic N) is 1. The highest BCUT2D eigenvalue weighted by atomic mass is 16.5. The molecule has 4 heteroatoms. The van der Waals surface area contributed by atoms with Crippen molar-refractivity contribution in [1.29, 1.82) is 0 Å². The highest BCUT2D eigenvalue weighted by Crippen LogP contribution is 2.11. The van der Waals surface area contributed by atoms with Gasteiger partial charge in [-0.15, -0.1) is 0 Å². The van der Waals surface area contributed by atoms with Crippen LogP contribution in [0.1, 0.15) is 32.6 Å². The van der Waals surface area contributed by atoms with E-state index in [0.29, 0.717) is 6.61 Å². The molecule has 1 aliphatic rings. The van der Waals surface area contributed by atoms with Crippen molar-refractivity contribution < 1.29 is 14.6 Å². The van der Waals surface area contributed by atoms with Crippen molar-refractivity contribution in [3.8, 4) is 0 Å². The van der Waals surface area contributed by atoms with E-state index in [1.165, 1.54) is 0 Å². The van der Waals surface area contributed by atoms with Gasteiger partial charge >= 0.3 is 5.97 Å². The molecule has 0 bridgehead atoms. The third-order valence-electron chi connectivity index (χ3n) is 2.42. The average Bonchev–Trinajstić information content (AvgIpc) is 2.69. The zero-order chi connectivity index (χ0) is 10.4. The molecule has 1 unspecified atom stereocenters. The number of hydrogen-bond donors (Lipinski definition) is 0. The Hall–Kier alpha value is -0.610. The van der Waals surface area contributed by atoms with Crippen molar-refractivity contribution >= 4 is 5.97 Å². The van der Waals surface area contributed by atoms with Gasteiger partial charge in [0.15, 0.2) is 0 Å². The lowest BCUT2D eigenvalue weighted by Gasteiger charge is -2.18. The van der Waals surface area contributed by atoms with Crippen molar-refractivity contribution in [2.45, 2.75) is 38.8 Å². The summed E-state index contributed by atoms with van der Waals surface area (Å²) in [5, 5.41) is 11.5. The van der Waals surface area contributed by atoms with Crippen molar-refractivity contribution in [3.05, 3.63) is 0 Å². The number of hydrogen-bond acceptors (Lipinski definition) is 3. The van der Waals surface area contributed by atoms with Crippen molar-refractivity contribution in [2.24, 2.45) is 0 Å². The molecule has 81 valence electrons. The molecule has 0 amide bonds. The summed E-state index contributed by atoms with van der Waals surface area (Å²) < 4.78 is 4.86. The number of unbranched alkanes of at least 4 members (excludes halogenated alkanes) is 1. The molecule has 4 nitrogen and oxygen atoms in total. The van der Waals surface area contributed by atoms with Crippen LogP contribution in [0.15, 0.2) is 0 Å². The third-order valence-corrected chi connectivity index (χ3v) is 2.42. The van der Waals surface area contributed by atoms with Gasteiger partial charge in [0.05, 0.1) is 6.61 Å². The number of likely N-dealkylation sites (tertiary alicyclic amines) is 1. The predicted octanol–water partition coefficient (Wildman–Crippen LogP) is 1.18. The quantitative estimate of drug-likeness (QED) is 0.494. The van der Waals surface area contributed by atoms with E-state index in [-0.39, 0.29) is 0 Å². The van der Waals surface area contributed by atoms with Gasteiger partial charge in [0.25, 0.3) is 0 Å². The summed E-state index contributed by atoms with van der Waals surface area (Å²) in [7, 11) is 0. The summed E-state index contributed by atoms with van der Waals surface area (Å²) in [6.07, 6.45) is 2.54. The van der Waals surface area contributed by atoms with E-state index < -0.39 is 12.2 Å². The number of carbonyl (C=O) groups is 1. The van der Waals surface area contributed by atoms with Crippen molar-refractivity contribution in [1.82, 2.24) is 4.90 Å². The first-order chi connectivity index (χ1) is 6.75. The monoisotopic (exact) mass is 200 g/mol. The zero-order valence-electron chi connectivity index (χ0n) is 8.70. The van der Waals surface area contributed by atoms with Crippen LogP contribution in [0.3, 0.4) is 0 Å². The summed E-state index contributed by atoms with van der Waals surface area (Å²) in [6.45, 7) is 3.86. The Morgan fingerprint density at radius 3 is 2.64 bits per heavy atom. The second-order valence-electron chi connectivity index (χ2n) is 3.62. The maximum absolute atomic E-state index is 11.5. The minimum Gasteiger partial charge on any atom is -0.463 e. The lowest BCUT2D eigenvalue weighted by Crippen LogP contribution is -2.39. The summed E-state index contributed by atoms with van der Waals surface area (Å²) in [5.41, 5.74) is 0. The van der Waals surface area contributed by atoms with Gasteiger partial charge in [0.1, 0.15) is 0 Å². The Labute approximate surface area is 84.8 Å². The molecular formula is C10H18NO3. The predicted molar refractivity (Wildman–Crippen MR) is 51.1 cm³/mol. The Morgan fingerprint density at radius 2 is 2.07 bits per heavy atom. The highest BCUT2D eigenvalue weighted by Gasteiger charge is 2.28. The van der Waals surface area contributed by atoms with E-state index in [1.807, 2.05) is 6.92 Å². The lowest BCUT2D eigenvalue weighted by molar-refractivity contribution is -0.170. The van der Waals surface area contributed by atoms with Crippen LogP contribution in [0.5, 0.6) is 0 Å². The Morgan fingerprint density at radius 1 is 1.43 bits per heavy atom. The second kappa shape index (κ2) is 5.98. The lowest BCUT2D eigenvalue weighted by atomic mass is 10.4. The maximum atomic E-state index is 11.5. The highest BCUT2D eigenvalue weighted by molar-refractivity contribution is 5.73. The van der Waals surface area contributed by atoms with E-state index in [0.717, 1.165) is 38.8 Å². The number of rotatable bonds is 5. The van der Waals surface area contributed by atoms with E-state index in [1.54, 1.807) is 4.90 Å². The molecule has 0 aromatic rings. The van der Waals surface area contributed by atoms with E-state index in [2.05, 4.69) is 0 Å². The first kappa shape index (κ1) is 11.5. The number of carbonyl (C=O) groups excluding carboxylic acids is 1. The van der Waals surface area contributed by atoms with Gasteiger partial charge in [0, 0.05) is 13.1 Å². The fourth-order valence-electron chi connectivity index (χ4n) is 1.51. The molecule has 1 heterocycles. The normalized spacial score (nSPS) is 19.6. The molecular weight excluding hydrogens is 182 g/mol. The molecule has 1 aliphatic heterocycles. The van der Waals surface area contributed by atoms with E-state index in [4.69, 9.17) is 4.74 Å². The van der Waals surface area contributed by atoms with Gasteiger partial charge in [-0.05, 0) is 19.3 Å². The van der Waals surface area contributed by atoms with Gasteiger partial charge in [-0.25, -0.2) is 9.90 Å². The SMILES string of the molecule is CCCCOC(=O)C([O])N1CCCC1. The summed E-state index contributed by atoms with van der Waals surface area (Å²) >= 11 is 0. The Kier molecular flexibility index (Phi) is 4.90. The van der Waals surface area contributed by atoms with Crippen molar-refractivity contribution in [2.75, 3.05) is 19.7 Å². The van der Waals surface area contributed by atoms with E-state index in [9.17, 15) is 9.90 Å². The van der Waals surface area contributed by atoms with Crippen LogP contribution in [0.4, 0.5) is 0 Å². The van der Waals surface area contributed by atoms with Crippen molar-refractivity contribution in [3.63, 3.8) is 0 Å². The Balaban J connectivity index is 2.21. The van der Waals surface area contributed by atoms with Gasteiger partial charge in [-0.1, -0.05) is 13.3 Å². The fourth-order valence-corrected chi connectivity index (χ4v) is 1.51. The van der Waals surface area contributed by atoms with Gasteiger partial charge in [0.2, 0.25) is 6.23 Å². The summed E-state index contributed by atoms with van der Waals surface area (Å²) in [6, 6.07) is 0. The van der Waals surface area contributed by atoms with Gasteiger partial charge < -0.3 is 4.74 Å². The third kappa shape index (κ3) is 3.27. The molecule has 0 aromatic heterocycles. The first-order valence-corrected chi connectivity index (χ1v) is 5.32. The fraction of sp³-hybridized carbons (Fsp3) is 0.900. The zero-order valence-corrected chi connectivity index (χ0v) is 8.70. The van der Waals surface area contributed by atoms with E-state index >= 15 is 0 Å². The molecule has 1 rings (SSSR count). The standard InChI is InChI=1S/C10H18NO3/c1-2-3-8-14-10(13)9(12)11-6-4-5-7-11/h9H,2-8H2,1H3. The molecule has 0 aliphatic carbocycles. The molecule has 0 aromatic carbocycles. The van der Waals surface area contributed by atoms with Crippen LogP contribution >= 0.6 is 0 Å². The van der Waals surface area contributed by atoms with Crippen LogP contribution in [-0.2, 0) is 14.6 Å². The van der Waals surface area contributed by atoms with Crippen LogP contribution in [0, 0.1) is 0 Å². The van der Waals surface area contributed by atoms with Crippen LogP contribution in [-0.4, -0.2) is 36.8 Å². The molecule has 1 atom stereocenters. The maximum Gasteiger partial charge on any atom is 0.354 e. The minimum absolute atomic E-state index is 0.377. The molecule has 14 heavy (non-hydrogen) atoms. The summed E-state index contributed by atoms with van der Waals surface area (Å²) in [4.78, 5) is 12.9. The molecule has 1 radical (unpaired) electrons. The molecule has 1 saturated heterocycles. The molecule has 0 saturated carbocycles. The smallest absolute Gasteiger partial charge is 0.354 e. The largest absolute Gasteiger partial charge is 0.463 e. The molecule has 0 N–H and O–H groups in total. The number of ether oxygens (including phenoxy) is 1. The molecule has 1 fully saturated rings. The van der Waals surface area contributed by atoms with Gasteiger partial charge in [-0.3, -0.25) is 4.90 Å². The van der Waals surface area contributed by atoms with Gasteiger partial charge in [-0.2, -0.15) is 0 Å².